The summed E-state index contributed by atoms with van der Waals surface area (Å²) in [5, 5.41) is 4.03. The van der Waals surface area contributed by atoms with Crippen molar-refractivity contribution in [1.29, 1.82) is 0 Å². The third-order valence-corrected chi connectivity index (χ3v) is 2.99. The predicted molar refractivity (Wildman–Crippen MR) is 67.3 cm³/mol. The minimum atomic E-state index is -4.53. The van der Waals surface area contributed by atoms with Gasteiger partial charge < -0.3 is 0 Å². The maximum Gasteiger partial charge on any atom is 0.433 e. The second kappa shape index (κ2) is 4.49. The summed E-state index contributed by atoms with van der Waals surface area (Å²) in [7, 11) is 0. The molecule has 3 nitrogen and oxygen atoms in total. The van der Waals surface area contributed by atoms with Gasteiger partial charge in [-0.25, -0.2) is 9.50 Å². The van der Waals surface area contributed by atoms with Gasteiger partial charge >= 0.3 is 6.18 Å². The smallest absolute Gasteiger partial charge is 0.228 e. The number of rotatable bonds is 1. The largest absolute Gasteiger partial charge is 0.433 e. The van der Waals surface area contributed by atoms with Crippen molar-refractivity contribution in [2.24, 2.45) is 0 Å². The molecule has 2 aromatic heterocycles. The van der Waals surface area contributed by atoms with Gasteiger partial charge in [0, 0.05) is 16.7 Å². The Hall–Kier alpha value is -2.08. The zero-order valence-electron chi connectivity index (χ0n) is 9.82. The summed E-state index contributed by atoms with van der Waals surface area (Å²) in [5.74, 6) is 0. The van der Waals surface area contributed by atoms with Crippen LogP contribution in [0.5, 0.6) is 0 Å². The van der Waals surface area contributed by atoms with Gasteiger partial charge in [0.05, 0.1) is 5.69 Å². The average molecular weight is 297 g/mol. The molecule has 101 valence electrons. The van der Waals surface area contributed by atoms with Crippen LogP contribution in [0.1, 0.15) is 5.69 Å². The Labute approximate surface area is 116 Å². The number of halogens is 4. The van der Waals surface area contributed by atoms with Gasteiger partial charge in [0.1, 0.15) is 6.20 Å². The van der Waals surface area contributed by atoms with Crippen molar-refractivity contribution in [3.8, 4) is 11.3 Å². The highest BCUT2D eigenvalue weighted by molar-refractivity contribution is 6.30. The van der Waals surface area contributed by atoms with E-state index in [0.29, 0.717) is 10.6 Å². The maximum absolute atomic E-state index is 13.0. The zero-order chi connectivity index (χ0) is 14.3. The van der Waals surface area contributed by atoms with E-state index in [2.05, 4.69) is 16.3 Å². The topological polar surface area (TPSA) is 30.2 Å². The van der Waals surface area contributed by atoms with E-state index in [9.17, 15) is 13.2 Å². The first-order chi connectivity index (χ1) is 9.45. The summed E-state index contributed by atoms with van der Waals surface area (Å²) in [6, 6.07) is 8.67. The van der Waals surface area contributed by atoms with Gasteiger partial charge in [0.15, 0.2) is 11.3 Å². The highest BCUT2D eigenvalue weighted by atomic mass is 35.5. The molecule has 0 bridgehead atoms. The Kier molecular flexibility index (Phi) is 2.90. The summed E-state index contributed by atoms with van der Waals surface area (Å²) in [5.41, 5.74) is -0.0579. The first-order valence-electron chi connectivity index (χ1n) is 5.55. The first kappa shape index (κ1) is 12.9. The summed E-state index contributed by atoms with van der Waals surface area (Å²) < 4.78 is 39.8. The van der Waals surface area contributed by atoms with Crippen LogP contribution in [0.3, 0.4) is 0 Å². The quantitative estimate of drug-likeness (QED) is 0.682. The standard InChI is InChI=1S/C13H6ClF3N3/c14-9-3-1-8(2-4-9)10-7-11(13(15,16)17)20-12(19-10)5-6-18-20/h1-5,7H. The lowest BCUT2D eigenvalue weighted by atomic mass is 10.1. The number of alkyl halides is 3. The monoisotopic (exact) mass is 296 g/mol. The summed E-state index contributed by atoms with van der Waals surface area (Å²) in [6.45, 7) is 0. The van der Waals surface area contributed by atoms with E-state index in [1.165, 1.54) is 6.07 Å². The third-order valence-electron chi connectivity index (χ3n) is 2.74. The van der Waals surface area contributed by atoms with Crippen LogP contribution in [0.25, 0.3) is 16.9 Å². The first-order valence-corrected chi connectivity index (χ1v) is 5.93. The van der Waals surface area contributed by atoms with Crippen molar-refractivity contribution in [1.82, 2.24) is 14.6 Å². The third kappa shape index (κ3) is 2.22. The normalized spacial score (nSPS) is 12.0. The molecule has 0 aliphatic carbocycles. The molecular formula is C13H6ClF3N3. The fraction of sp³-hybridized carbons (Fsp3) is 0.0769. The molecule has 3 aromatic rings. The van der Waals surface area contributed by atoms with Crippen LogP contribution >= 0.6 is 11.6 Å². The van der Waals surface area contributed by atoms with Gasteiger partial charge in [-0.2, -0.15) is 18.3 Å². The van der Waals surface area contributed by atoms with Crippen LogP contribution in [0.15, 0.2) is 36.4 Å². The molecule has 0 N–H and O–H groups in total. The molecule has 0 unspecified atom stereocenters. The molecule has 20 heavy (non-hydrogen) atoms. The Balaban J connectivity index is 2.24. The van der Waals surface area contributed by atoms with E-state index in [-0.39, 0.29) is 11.3 Å². The van der Waals surface area contributed by atoms with Crippen LogP contribution in [-0.4, -0.2) is 14.6 Å². The summed E-state index contributed by atoms with van der Waals surface area (Å²) >= 11 is 5.76. The van der Waals surface area contributed by atoms with Gasteiger partial charge in [0.2, 0.25) is 0 Å². The van der Waals surface area contributed by atoms with Gasteiger partial charge in [-0.05, 0) is 18.2 Å². The Bertz CT molecular complexity index is 763. The molecule has 0 spiro atoms. The van der Waals surface area contributed by atoms with Crippen LogP contribution < -0.4 is 0 Å². The van der Waals surface area contributed by atoms with Crippen molar-refractivity contribution in [2.75, 3.05) is 0 Å². The number of hydrogen-bond acceptors (Lipinski definition) is 2. The van der Waals surface area contributed by atoms with E-state index < -0.39 is 11.9 Å². The lowest BCUT2D eigenvalue weighted by Crippen LogP contribution is -2.13. The molecule has 1 aromatic carbocycles. The summed E-state index contributed by atoms with van der Waals surface area (Å²) in [6.07, 6.45) is -2.16. The number of benzene rings is 1. The van der Waals surface area contributed by atoms with Crippen molar-refractivity contribution < 1.29 is 13.2 Å². The second-order valence-corrected chi connectivity index (χ2v) is 4.51. The number of nitrogens with zero attached hydrogens (tertiary/aromatic N) is 3. The molecule has 0 aliphatic heterocycles. The van der Waals surface area contributed by atoms with E-state index in [0.717, 1.165) is 10.6 Å². The highest BCUT2D eigenvalue weighted by Crippen LogP contribution is 2.32. The molecule has 0 saturated carbocycles. The zero-order valence-corrected chi connectivity index (χ0v) is 10.6. The molecule has 7 heteroatoms. The highest BCUT2D eigenvalue weighted by Gasteiger charge is 2.35. The molecule has 0 atom stereocenters. The van der Waals surface area contributed by atoms with Crippen molar-refractivity contribution >= 4 is 17.2 Å². The fourth-order valence-electron chi connectivity index (χ4n) is 1.83. The molecule has 0 saturated heterocycles. The second-order valence-electron chi connectivity index (χ2n) is 4.07. The number of fused-ring (bicyclic) bond motifs is 1. The minimum Gasteiger partial charge on any atom is -0.228 e. The van der Waals surface area contributed by atoms with Crippen molar-refractivity contribution in [2.45, 2.75) is 6.18 Å². The lowest BCUT2D eigenvalue weighted by Gasteiger charge is -2.11. The minimum absolute atomic E-state index is 0.0878. The van der Waals surface area contributed by atoms with Crippen LogP contribution in [0.4, 0.5) is 13.2 Å². The Morgan fingerprint density at radius 3 is 2.50 bits per heavy atom. The van der Waals surface area contributed by atoms with E-state index in [1.54, 1.807) is 24.3 Å². The fourth-order valence-corrected chi connectivity index (χ4v) is 1.96. The molecule has 2 heterocycles. The van der Waals surface area contributed by atoms with E-state index in [4.69, 9.17) is 11.6 Å². The van der Waals surface area contributed by atoms with Crippen molar-refractivity contribution in [3.63, 3.8) is 0 Å². The van der Waals surface area contributed by atoms with Gasteiger partial charge in [-0.3, -0.25) is 0 Å². The molecule has 0 aliphatic rings. The maximum atomic E-state index is 13.0. The average Bonchev–Trinajstić information content (AvgIpc) is 2.85. The van der Waals surface area contributed by atoms with Crippen LogP contribution in [0, 0.1) is 6.20 Å². The van der Waals surface area contributed by atoms with Gasteiger partial charge in [0.25, 0.3) is 0 Å². The lowest BCUT2D eigenvalue weighted by molar-refractivity contribution is -0.142. The van der Waals surface area contributed by atoms with Gasteiger partial charge in [-0.1, -0.05) is 23.7 Å². The molecule has 1 radical (unpaired) electrons. The van der Waals surface area contributed by atoms with Crippen LogP contribution in [-0.2, 0) is 6.18 Å². The van der Waals surface area contributed by atoms with Gasteiger partial charge in [-0.15, -0.1) is 0 Å². The molecule has 3 rings (SSSR count). The molecule has 0 fully saturated rings. The number of aromatic nitrogens is 3. The Morgan fingerprint density at radius 2 is 1.85 bits per heavy atom. The van der Waals surface area contributed by atoms with Crippen molar-refractivity contribution in [3.05, 3.63) is 53.3 Å². The SMILES string of the molecule is FC(F)(F)c1cc(-c2ccc(Cl)cc2)nc2c[c]nn12. The number of hydrogen-bond donors (Lipinski definition) is 0. The Morgan fingerprint density at radius 1 is 1.15 bits per heavy atom. The summed E-state index contributed by atoms with van der Waals surface area (Å²) in [4.78, 5) is 4.14. The van der Waals surface area contributed by atoms with E-state index in [1.807, 2.05) is 0 Å². The van der Waals surface area contributed by atoms with Crippen LogP contribution in [0.2, 0.25) is 5.02 Å². The predicted octanol–water partition coefficient (Wildman–Crippen LogP) is 3.87. The molecular weight excluding hydrogens is 291 g/mol. The van der Waals surface area contributed by atoms with E-state index >= 15 is 0 Å². The molecule has 0 amide bonds.